The van der Waals surface area contributed by atoms with Gasteiger partial charge < -0.3 is 5.32 Å². The molecule has 3 aromatic rings. The van der Waals surface area contributed by atoms with Gasteiger partial charge in [0, 0.05) is 22.0 Å². The van der Waals surface area contributed by atoms with Crippen molar-refractivity contribution in [1.82, 2.24) is 9.62 Å². The summed E-state index contributed by atoms with van der Waals surface area (Å²) >= 11 is 6.95. The molecule has 0 radical (unpaired) electrons. The lowest BCUT2D eigenvalue weighted by Crippen LogP contribution is -2.45. The van der Waals surface area contributed by atoms with Gasteiger partial charge in [0.15, 0.2) is 0 Å². The summed E-state index contributed by atoms with van der Waals surface area (Å²) in [6.07, 6.45) is 0.553. The van der Waals surface area contributed by atoms with E-state index in [9.17, 15) is 13.2 Å². The monoisotopic (exact) mass is 606 g/mol. The van der Waals surface area contributed by atoms with E-state index in [2.05, 4.69) is 37.2 Å². The van der Waals surface area contributed by atoms with Crippen LogP contribution in [0.15, 0.2) is 86.6 Å². The average Bonchev–Trinajstić information content (AvgIpc) is 2.80. The van der Waals surface area contributed by atoms with Crippen LogP contribution in [0, 0.1) is 0 Å². The van der Waals surface area contributed by atoms with E-state index >= 15 is 0 Å². The third-order valence-corrected chi connectivity index (χ3v) is 9.00. The molecule has 0 saturated heterocycles. The maximum atomic E-state index is 13.5. The molecule has 34 heavy (non-hydrogen) atoms. The van der Waals surface area contributed by atoms with Crippen LogP contribution in [0.5, 0.6) is 0 Å². The number of carbonyl (C=O) groups excluding carboxylic acids is 1. The first-order valence-corrected chi connectivity index (χ1v) is 14.1. The number of nitrogens with zero attached hydrogens (tertiary/aromatic N) is 1. The molecule has 5 nitrogen and oxygen atoms in total. The summed E-state index contributed by atoms with van der Waals surface area (Å²) in [5.41, 5.74) is 1.54. The highest BCUT2D eigenvalue weighted by Crippen LogP contribution is 2.29. The molecule has 8 heteroatoms. The topological polar surface area (TPSA) is 66.5 Å². The minimum Gasteiger partial charge on any atom is -0.342 e. The zero-order valence-electron chi connectivity index (χ0n) is 19.4. The second kappa shape index (κ2) is 11.2. The largest absolute Gasteiger partial charge is 0.342 e. The Kier molecular flexibility index (Phi) is 8.73. The standard InChI is InChI=1S/C26H28Br2N2O3S/c1-4-30(5-2)34(32,33)22-14-15-24(28)23(17-22)25(31)29-26(3,20-11-7-6-8-12-20)18-19-10-9-13-21(27)16-19/h6-17H,4-5,18H2,1-3H3,(H,29,31). The molecule has 0 aliphatic rings. The predicted octanol–water partition coefficient (Wildman–Crippen LogP) is 6.13. The van der Waals surface area contributed by atoms with Gasteiger partial charge >= 0.3 is 0 Å². The molecule has 0 saturated carbocycles. The first-order chi connectivity index (χ1) is 16.1. The number of amides is 1. The minimum atomic E-state index is -3.70. The van der Waals surface area contributed by atoms with Gasteiger partial charge in [-0.05, 0) is 70.7 Å². The van der Waals surface area contributed by atoms with Crippen molar-refractivity contribution in [3.05, 3.63) is 98.4 Å². The lowest BCUT2D eigenvalue weighted by atomic mass is 9.85. The fraction of sp³-hybridized carbons (Fsp3) is 0.269. The van der Waals surface area contributed by atoms with Crippen molar-refractivity contribution in [2.45, 2.75) is 37.6 Å². The zero-order valence-corrected chi connectivity index (χ0v) is 23.4. The summed E-state index contributed by atoms with van der Waals surface area (Å²) in [6, 6.07) is 22.3. The Hall–Kier alpha value is -2.00. The highest BCUT2D eigenvalue weighted by molar-refractivity contribution is 9.10. The fourth-order valence-electron chi connectivity index (χ4n) is 3.95. The zero-order chi connectivity index (χ0) is 24.9. The molecule has 0 aliphatic heterocycles. The van der Waals surface area contributed by atoms with Crippen molar-refractivity contribution >= 4 is 47.8 Å². The number of carbonyl (C=O) groups is 1. The summed E-state index contributed by atoms with van der Waals surface area (Å²) in [4.78, 5) is 13.6. The third-order valence-electron chi connectivity index (χ3n) is 5.77. The van der Waals surface area contributed by atoms with Crippen LogP contribution in [0.4, 0.5) is 0 Å². The Morgan fingerprint density at radius 2 is 1.62 bits per heavy atom. The van der Waals surface area contributed by atoms with Crippen molar-refractivity contribution < 1.29 is 13.2 Å². The number of hydrogen-bond donors (Lipinski definition) is 1. The van der Waals surface area contributed by atoms with Gasteiger partial charge in [-0.2, -0.15) is 4.31 Å². The van der Waals surface area contributed by atoms with E-state index in [0.717, 1.165) is 15.6 Å². The molecule has 180 valence electrons. The van der Waals surface area contributed by atoms with Gasteiger partial charge in [0.25, 0.3) is 5.91 Å². The Labute approximate surface area is 218 Å². The molecule has 0 aromatic heterocycles. The number of halogens is 2. The molecule has 0 bridgehead atoms. The van der Waals surface area contributed by atoms with Gasteiger partial charge in [-0.1, -0.05) is 72.2 Å². The SMILES string of the molecule is CCN(CC)S(=O)(=O)c1ccc(Br)c(C(=O)NC(C)(Cc2cccc(Br)c2)c2ccccc2)c1. The summed E-state index contributed by atoms with van der Waals surface area (Å²) < 4.78 is 28.9. The summed E-state index contributed by atoms with van der Waals surface area (Å²) in [5.74, 6) is -0.357. The third kappa shape index (κ3) is 5.97. The second-order valence-electron chi connectivity index (χ2n) is 8.19. The minimum absolute atomic E-state index is 0.0953. The molecule has 0 spiro atoms. The summed E-state index contributed by atoms with van der Waals surface area (Å²) in [7, 11) is -3.70. The van der Waals surface area contributed by atoms with Crippen molar-refractivity contribution in [1.29, 1.82) is 0 Å². The van der Waals surface area contributed by atoms with Gasteiger partial charge in [-0.25, -0.2) is 8.42 Å². The number of rotatable bonds is 9. The van der Waals surface area contributed by atoms with E-state index in [4.69, 9.17) is 0 Å². The van der Waals surface area contributed by atoms with Crippen LogP contribution in [0.3, 0.4) is 0 Å². The Morgan fingerprint density at radius 3 is 2.24 bits per heavy atom. The Bertz CT molecular complexity index is 1260. The van der Waals surface area contributed by atoms with Crippen LogP contribution < -0.4 is 5.32 Å². The summed E-state index contributed by atoms with van der Waals surface area (Å²) in [6.45, 7) is 6.28. The van der Waals surface area contributed by atoms with Crippen molar-refractivity contribution in [2.75, 3.05) is 13.1 Å². The first-order valence-electron chi connectivity index (χ1n) is 11.0. The quantitative estimate of drug-likeness (QED) is 0.318. The van der Waals surface area contributed by atoms with Crippen LogP contribution >= 0.6 is 31.9 Å². The van der Waals surface area contributed by atoms with Crippen LogP contribution in [0.1, 0.15) is 42.3 Å². The first kappa shape index (κ1) is 26.6. The molecule has 0 fully saturated rings. The molecule has 1 amide bonds. The molecule has 0 aliphatic carbocycles. The van der Waals surface area contributed by atoms with E-state index < -0.39 is 15.6 Å². The van der Waals surface area contributed by atoms with Gasteiger partial charge in [-0.3, -0.25) is 4.79 Å². The lowest BCUT2D eigenvalue weighted by molar-refractivity contribution is 0.0903. The molecule has 1 N–H and O–H groups in total. The molecule has 0 heterocycles. The Morgan fingerprint density at radius 1 is 0.941 bits per heavy atom. The molecule has 3 aromatic carbocycles. The van der Waals surface area contributed by atoms with E-state index in [1.807, 2.05) is 61.5 Å². The van der Waals surface area contributed by atoms with Gasteiger partial charge in [0.2, 0.25) is 10.0 Å². The predicted molar refractivity (Wildman–Crippen MR) is 143 cm³/mol. The fourth-order valence-corrected chi connectivity index (χ4v) is 6.31. The van der Waals surface area contributed by atoms with E-state index in [1.165, 1.54) is 16.4 Å². The van der Waals surface area contributed by atoms with Gasteiger partial charge in [0.1, 0.15) is 0 Å². The van der Waals surface area contributed by atoms with Gasteiger partial charge in [0.05, 0.1) is 16.0 Å². The van der Waals surface area contributed by atoms with E-state index in [1.54, 1.807) is 19.9 Å². The van der Waals surface area contributed by atoms with Gasteiger partial charge in [-0.15, -0.1) is 0 Å². The normalized spacial score (nSPS) is 13.5. The number of benzene rings is 3. The van der Waals surface area contributed by atoms with E-state index in [0.29, 0.717) is 24.0 Å². The smallest absolute Gasteiger partial charge is 0.253 e. The van der Waals surface area contributed by atoms with Crippen molar-refractivity contribution in [3.63, 3.8) is 0 Å². The van der Waals surface area contributed by atoms with Crippen molar-refractivity contribution in [3.8, 4) is 0 Å². The maximum Gasteiger partial charge on any atom is 0.253 e. The molecular weight excluding hydrogens is 580 g/mol. The number of hydrogen-bond acceptors (Lipinski definition) is 3. The molecule has 3 rings (SSSR count). The molecule has 1 unspecified atom stereocenters. The lowest BCUT2D eigenvalue weighted by Gasteiger charge is -2.32. The molecule has 1 atom stereocenters. The Balaban J connectivity index is 2.00. The van der Waals surface area contributed by atoms with Crippen LogP contribution in [0.2, 0.25) is 0 Å². The number of nitrogens with one attached hydrogen (secondary N) is 1. The summed E-state index contributed by atoms with van der Waals surface area (Å²) in [5, 5.41) is 3.18. The highest BCUT2D eigenvalue weighted by Gasteiger charge is 2.31. The van der Waals surface area contributed by atoms with Crippen LogP contribution in [0.25, 0.3) is 0 Å². The average molecular weight is 608 g/mol. The van der Waals surface area contributed by atoms with Crippen molar-refractivity contribution in [2.24, 2.45) is 0 Å². The highest BCUT2D eigenvalue weighted by atomic mass is 79.9. The van der Waals surface area contributed by atoms with E-state index in [-0.39, 0.29) is 16.4 Å². The molecular formula is C26H28Br2N2O3S. The van der Waals surface area contributed by atoms with Crippen LogP contribution in [-0.4, -0.2) is 31.7 Å². The van der Waals surface area contributed by atoms with Crippen LogP contribution in [-0.2, 0) is 22.0 Å². The number of sulfonamides is 1. The second-order valence-corrected chi connectivity index (χ2v) is 11.9. The maximum absolute atomic E-state index is 13.5.